The second kappa shape index (κ2) is 6.01. The third-order valence-corrected chi connectivity index (χ3v) is 1.73. The molecule has 0 aliphatic rings. The third kappa shape index (κ3) is 7.68. The number of esters is 1. The summed E-state index contributed by atoms with van der Waals surface area (Å²) in [6.45, 7) is 3.65. The van der Waals surface area contributed by atoms with Crippen molar-refractivity contribution >= 4 is 40.8 Å². The lowest BCUT2D eigenvalue weighted by atomic mass is 10.1. The van der Waals surface area contributed by atoms with Gasteiger partial charge in [-0.3, -0.25) is 4.79 Å². The molecule has 0 radical (unpaired) electrons. The maximum atomic E-state index is 11.2. The average Bonchev–Trinajstić information content (AvgIpc) is 1.97. The van der Waals surface area contributed by atoms with Gasteiger partial charge in [-0.1, -0.05) is 48.7 Å². The Morgan fingerprint density at radius 3 is 2.29 bits per heavy atom. The SMILES string of the molecule is CC(C)C[C@H](N)C(=O)OCC(Cl)(Cl)Cl. The van der Waals surface area contributed by atoms with Crippen molar-refractivity contribution < 1.29 is 9.53 Å². The van der Waals surface area contributed by atoms with Crippen LogP contribution >= 0.6 is 34.8 Å². The van der Waals surface area contributed by atoms with Crippen LogP contribution in [0.3, 0.4) is 0 Å². The van der Waals surface area contributed by atoms with Crippen LogP contribution in [0.1, 0.15) is 20.3 Å². The summed E-state index contributed by atoms with van der Waals surface area (Å²) < 4.78 is 3.13. The molecule has 3 nitrogen and oxygen atoms in total. The van der Waals surface area contributed by atoms with E-state index in [0.717, 1.165) is 0 Å². The van der Waals surface area contributed by atoms with Gasteiger partial charge in [0.05, 0.1) is 0 Å². The number of hydrogen-bond donors (Lipinski definition) is 1. The van der Waals surface area contributed by atoms with E-state index in [1.165, 1.54) is 0 Å². The molecular formula is C8H14Cl3NO2. The lowest BCUT2D eigenvalue weighted by Crippen LogP contribution is -2.35. The molecule has 0 saturated carbocycles. The van der Waals surface area contributed by atoms with E-state index < -0.39 is 15.8 Å². The van der Waals surface area contributed by atoms with Gasteiger partial charge in [0.1, 0.15) is 12.6 Å². The maximum Gasteiger partial charge on any atom is 0.323 e. The molecule has 2 N–H and O–H groups in total. The van der Waals surface area contributed by atoms with E-state index in [0.29, 0.717) is 12.3 Å². The number of rotatable bonds is 4. The molecule has 0 aromatic carbocycles. The molecule has 0 spiro atoms. The Bertz CT molecular complexity index is 192. The van der Waals surface area contributed by atoms with Crippen molar-refractivity contribution in [3.63, 3.8) is 0 Å². The van der Waals surface area contributed by atoms with Crippen LogP contribution < -0.4 is 5.73 Å². The van der Waals surface area contributed by atoms with E-state index in [1.54, 1.807) is 0 Å². The van der Waals surface area contributed by atoms with Gasteiger partial charge < -0.3 is 10.5 Å². The van der Waals surface area contributed by atoms with Gasteiger partial charge >= 0.3 is 5.97 Å². The summed E-state index contributed by atoms with van der Waals surface area (Å²) in [5.74, 6) is -0.213. The Kier molecular flexibility index (Phi) is 6.14. The van der Waals surface area contributed by atoms with Crippen LogP contribution in [0.4, 0.5) is 0 Å². The van der Waals surface area contributed by atoms with Gasteiger partial charge in [-0.05, 0) is 12.3 Å². The number of halogens is 3. The number of carbonyl (C=O) groups is 1. The van der Waals surface area contributed by atoms with Gasteiger partial charge in [-0.15, -0.1) is 0 Å². The van der Waals surface area contributed by atoms with E-state index in [2.05, 4.69) is 0 Å². The maximum absolute atomic E-state index is 11.2. The molecule has 0 aromatic rings. The monoisotopic (exact) mass is 261 g/mol. The molecule has 6 heteroatoms. The third-order valence-electron chi connectivity index (χ3n) is 1.41. The minimum atomic E-state index is -1.58. The molecule has 0 aliphatic heterocycles. The minimum absolute atomic E-state index is 0.276. The van der Waals surface area contributed by atoms with Crippen molar-refractivity contribution in [3.8, 4) is 0 Å². The van der Waals surface area contributed by atoms with Gasteiger partial charge in [0.25, 0.3) is 0 Å². The summed E-state index contributed by atoms with van der Waals surface area (Å²) in [6.07, 6.45) is 0.554. The van der Waals surface area contributed by atoms with E-state index in [9.17, 15) is 4.79 Å². The Balaban J connectivity index is 3.85. The van der Waals surface area contributed by atoms with Crippen molar-refractivity contribution in [1.29, 1.82) is 0 Å². The Morgan fingerprint density at radius 1 is 1.43 bits per heavy atom. The van der Waals surface area contributed by atoms with Gasteiger partial charge in [-0.25, -0.2) is 0 Å². The fraction of sp³-hybridized carbons (Fsp3) is 0.875. The number of ether oxygens (including phenoxy) is 1. The highest BCUT2D eigenvalue weighted by molar-refractivity contribution is 6.67. The van der Waals surface area contributed by atoms with E-state index >= 15 is 0 Å². The molecule has 0 aromatic heterocycles. The molecular weight excluding hydrogens is 248 g/mol. The molecule has 0 unspecified atom stereocenters. The lowest BCUT2D eigenvalue weighted by molar-refractivity contribution is -0.145. The van der Waals surface area contributed by atoms with Crippen LogP contribution in [0, 0.1) is 5.92 Å². The first-order chi connectivity index (χ1) is 6.22. The average molecular weight is 263 g/mol. The van der Waals surface area contributed by atoms with Gasteiger partial charge in [0, 0.05) is 0 Å². The predicted molar refractivity (Wildman–Crippen MR) is 58.7 cm³/mol. The largest absolute Gasteiger partial charge is 0.460 e. The zero-order chi connectivity index (χ0) is 11.4. The Morgan fingerprint density at radius 2 is 1.93 bits per heavy atom. The van der Waals surface area contributed by atoms with Crippen LogP contribution in [0.2, 0.25) is 0 Å². The molecule has 0 rings (SSSR count). The van der Waals surface area contributed by atoms with E-state index in [1.807, 2.05) is 13.8 Å². The number of carbonyl (C=O) groups excluding carboxylic acids is 1. The highest BCUT2D eigenvalue weighted by atomic mass is 35.6. The second-order valence-electron chi connectivity index (χ2n) is 3.46. The van der Waals surface area contributed by atoms with Crippen molar-refractivity contribution in [2.75, 3.05) is 6.61 Å². The van der Waals surface area contributed by atoms with Crippen molar-refractivity contribution in [3.05, 3.63) is 0 Å². The highest BCUT2D eigenvalue weighted by Gasteiger charge is 2.24. The second-order valence-corrected chi connectivity index (χ2v) is 5.97. The molecule has 0 amide bonds. The first-order valence-electron chi connectivity index (χ1n) is 4.21. The molecule has 1 atom stereocenters. The van der Waals surface area contributed by atoms with Crippen LogP contribution in [-0.2, 0) is 9.53 Å². The smallest absolute Gasteiger partial charge is 0.323 e. The zero-order valence-electron chi connectivity index (χ0n) is 8.10. The highest BCUT2D eigenvalue weighted by Crippen LogP contribution is 2.26. The summed E-state index contributed by atoms with van der Waals surface area (Å²) in [6, 6.07) is -0.651. The van der Waals surface area contributed by atoms with Crippen LogP contribution in [0.15, 0.2) is 0 Å². The van der Waals surface area contributed by atoms with Gasteiger partial charge in [0.2, 0.25) is 3.79 Å². The first kappa shape index (κ1) is 14.3. The molecule has 0 heterocycles. The molecule has 0 bridgehead atoms. The number of alkyl halides is 3. The summed E-state index contributed by atoms with van der Waals surface area (Å²) >= 11 is 16.2. The minimum Gasteiger partial charge on any atom is -0.460 e. The van der Waals surface area contributed by atoms with E-state index in [-0.39, 0.29) is 6.61 Å². The fourth-order valence-electron chi connectivity index (χ4n) is 0.864. The van der Waals surface area contributed by atoms with Crippen molar-refractivity contribution in [2.45, 2.75) is 30.1 Å². The molecule has 0 fully saturated rings. The van der Waals surface area contributed by atoms with Gasteiger partial charge in [-0.2, -0.15) is 0 Å². The number of nitrogens with two attached hydrogens (primary N) is 1. The quantitative estimate of drug-likeness (QED) is 0.625. The van der Waals surface area contributed by atoms with Gasteiger partial charge in [0.15, 0.2) is 0 Å². The van der Waals surface area contributed by atoms with Crippen molar-refractivity contribution in [1.82, 2.24) is 0 Å². The normalized spacial score (nSPS) is 14.2. The van der Waals surface area contributed by atoms with Crippen LogP contribution in [0.25, 0.3) is 0 Å². The first-order valence-corrected chi connectivity index (χ1v) is 5.34. The molecule has 14 heavy (non-hydrogen) atoms. The summed E-state index contributed by atoms with van der Waals surface area (Å²) in [4.78, 5) is 11.2. The van der Waals surface area contributed by atoms with Crippen LogP contribution in [0.5, 0.6) is 0 Å². The summed E-state index contributed by atoms with van der Waals surface area (Å²) in [5.41, 5.74) is 5.54. The Labute approximate surface area is 98.8 Å². The lowest BCUT2D eigenvalue weighted by Gasteiger charge is -2.15. The fourth-order valence-corrected chi connectivity index (χ4v) is 1.03. The standard InChI is InChI=1S/C8H14Cl3NO2/c1-5(2)3-6(12)7(13)14-4-8(9,10)11/h5-6H,3-4,12H2,1-2H3/t6-/m0/s1. The molecule has 0 aliphatic carbocycles. The zero-order valence-corrected chi connectivity index (χ0v) is 10.4. The van der Waals surface area contributed by atoms with Crippen molar-refractivity contribution in [2.24, 2.45) is 11.7 Å². The van der Waals surface area contributed by atoms with E-state index in [4.69, 9.17) is 45.3 Å². The summed E-state index contributed by atoms with van der Waals surface area (Å²) in [5, 5.41) is 0. The Hall–Kier alpha value is 0.300. The number of hydrogen-bond acceptors (Lipinski definition) is 3. The topological polar surface area (TPSA) is 52.3 Å². The predicted octanol–water partition coefficient (Wildman–Crippen LogP) is 2.27. The molecule has 0 saturated heterocycles. The molecule has 84 valence electrons. The van der Waals surface area contributed by atoms with Crippen LogP contribution in [-0.4, -0.2) is 22.4 Å². The summed E-state index contributed by atoms with van der Waals surface area (Å²) in [7, 11) is 0.